The molecule has 1 amide bonds. The van der Waals surface area contributed by atoms with Gasteiger partial charge in [0, 0.05) is 7.05 Å². The van der Waals surface area contributed by atoms with Crippen LogP contribution in [-0.2, 0) is 20.2 Å². The third kappa shape index (κ3) is 4.83. The van der Waals surface area contributed by atoms with Crippen LogP contribution in [0.5, 0.6) is 11.5 Å². The van der Waals surface area contributed by atoms with Crippen LogP contribution in [-0.4, -0.2) is 22.3 Å². The van der Waals surface area contributed by atoms with Gasteiger partial charge in [0.1, 0.15) is 23.9 Å². The zero-order valence-corrected chi connectivity index (χ0v) is 15.8. The van der Waals surface area contributed by atoms with E-state index in [0.29, 0.717) is 23.1 Å². The van der Waals surface area contributed by atoms with Crippen LogP contribution >= 0.6 is 11.6 Å². The van der Waals surface area contributed by atoms with Crippen molar-refractivity contribution < 1.29 is 18.7 Å². The van der Waals surface area contributed by atoms with Gasteiger partial charge in [0.25, 0.3) is 5.91 Å². The number of ether oxygens (including phenoxy) is 2. The number of amides is 1. The molecule has 0 saturated carbocycles. The predicted octanol–water partition coefficient (Wildman–Crippen LogP) is 3.57. The first kappa shape index (κ1) is 18.8. The molecule has 8 heteroatoms. The Morgan fingerprint density at radius 3 is 2.52 bits per heavy atom. The molecule has 0 unspecified atom stereocenters. The summed E-state index contributed by atoms with van der Waals surface area (Å²) in [4.78, 5) is 12.2. The molecule has 0 aliphatic carbocycles. The van der Waals surface area contributed by atoms with Crippen molar-refractivity contribution in [3.63, 3.8) is 0 Å². The molecular weight excluding hydrogens is 370 g/mol. The van der Waals surface area contributed by atoms with Crippen LogP contribution in [0, 0.1) is 0 Å². The lowest BCUT2D eigenvalue weighted by atomic mass is 10.3. The van der Waals surface area contributed by atoms with E-state index in [1.807, 2.05) is 31.2 Å². The van der Waals surface area contributed by atoms with E-state index in [0.717, 1.165) is 11.4 Å². The van der Waals surface area contributed by atoms with Crippen molar-refractivity contribution in [3.05, 3.63) is 64.8 Å². The number of nitrogens with zero attached hydrogens (tertiary/aromatic N) is 2. The Morgan fingerprint density at radius 2 is 1.89 bits per heavy atom. The fourth-order valence-electron chi connectivity index (χ4n) is 2.42. The number of benzene rings is 1. The van der Waals surface area contributed by atoms with Crippen molar-refractivity contribution in [2.24, 2.45) is 7.05 Å². The summed E-state index contributed by atoms with van der Waals surface area (Å²) < 4.78 is 18.2. The molecular formula is C19H20ClN3O4. The Bertz CT molecular complexity index is 883. The molecule has 0 atom stereocenters. The second-order valence-corrected chi connectivity index (χ2v) is 6.11. The smallest absolute Gasteiger partial charge is 0.287 e. The van der Waals surface area contributed by atoms with E-state index in [1.54, 1.807) is 23.9 Å². The Hall–Kier alpha value is -2.93. The van der Waals surface area contributed by atoms with Crippen LogP contribution < -0.4 is 14.8 Å². The van der Waals surface area contributed by atoms with E-state index < -0.39 is 0 Å². The Kier molecular flexibility index (Phi) is 6.03. The lowest BCUT2D eigenvalue weighted by Gasteiger charge is -2.06. The van der Waals surface area contributed by atoms with Crippen LogP contribution in [0.1, 0.15) is 28.9 Å². The van der Waals surface area contributed by atoms with Crippen molar-refractivity contribution in [1.29, 1.82) is 0 Å². The Balaban J connectivity index is 1.52. The zero-order chi connectivity index (χ0) is 19.2. The normalized spacial score (nSPS) is 10.6. The molecule has 0 saturated heterocycles. The van der Waals surface area contributed by atoms with Crippen molar-refractivity contribution >= 4 is 17.5 Å². The molecule has 0 spiro atoms. The number of halogens is 1. The van der Waals surface area contributed by atoms with E-state index in [1.165, 1.54) is 6.20 Å². The summed E-state index contributed by atoms with van der Waals surface area (Å²) in [6.07, 6.45) is 1.53. The molecule has 0 aliphatic rings. The van der Waals surface area contributed by atoms with Crippen molar-refractivity contribution in [1.82, 2.24) is 15.1 Å². The number of hydrogen-bond donors (Lipinski definition) is 1. The first-order valence-corrected chi connectivity index (χ1v) is 8.83. The molecule has 7 nitrogen and oxygen atoms in total. The number of aryl methyl sites for hydroxylation is 1. The average Bonchev–Trinajstić information content (AvgIpc) is 3.27. The van der Waals surface area contributed by atoms with Gasteiger partial charge in [-0.1, -0.05) is 11.6 Å². The first-order chi connectivity index (χ1) is 13.1. The van der Waals surface area contributed by atoms with Gasteiger partial charge in [0.15, 0.2) is 5.76 Å². The first-order valence-electron chi connectivity index (χ1n) is 8.45. The van der Waals surface area contributed by atoms with Crippen molar-refractivity contribution in [2.45, 2.75) is 20.1 Å². The quantitative estimate of drug-likeness (QED) is 0.637. The number of furan rings is 1. The van der Waals surface area contributed by atoms with Crippen LogP contribution in [0.15, 0.2) is 47.0 Å². The largest absolute Gasteiger partial charge is 0.494 e. The number of carbonyl (C=O) groups excluding carboxylic acids is 1. The summed E-state index contributed by atoms with van der Waals surface area (Å²) in [5, 5.41) is 7.28. The highest BCUT2D eigenvalue weighted by Gasteiger charge is 2.13. The van der Waals surface area contributed by atoms with Gasteiger partial charge in [-0.25, -0.2) is 0 Å². The highest BCUT2D eigenvalue weighted by Crippen LogP contribution is 2.19. The number of hydrogen-bond acceptors (Lipinski definition) is 5. The summed E-state index contributed by atoms with van der Waals surface area (Å²) >= 11 is 6.02. The number of rotatable bonds is 8. The molecule has 3 aromatic rings. The molecule has 1 N–H and O–H groups in total. The van der Waals surface area contributed by atoms with E-state index in [4.69, 9.17) is 25.5 Å². The SMILES string of the molecule is CCOc1ccc(OCc2ccc(C(=O)NCc3c(Cl)cnn3C)o2)cc1. The molecule has 0 bridgehead atoms. The summed E-state index contributed by atoms with van der Waals surface area (Å²) in [6.45, 7) is 3.02. The number of carbonyl (C=O) groups is 1. The molecule has 0 aliphatic heterocycles. The number of aromatic nitrogens is 2. The minimum Gasteiger partial charge on any atom is -0.494 e. The molecule has 2 aromatic heterocycles. The summed E-state index contributed by atoms with van der Waals surface area (Å²) in [5.41, 5.74) is 0.718. The molecule has 2 heterocycles. The molecule has 142 valence electrons. The summed E-state index contributed by atoms with van der Waals surface area (Å²) in [6, 6.07) is 10.6. The summed E-state index contributed by atoms with van der Waals surface area (Å²) in [5.74, 6) is 1.90. The van der Waals surface area contributed by atoms with E-state index in [-0.39, 0.29) is 24.8 Å². The van der Waals surface area contributed by atoms with Crippen LogP contribution in [0.3, 0.4) is 0 Å². The van der Waals surface area contributed by atoms with Gasteiger partial charge in [-0.3, -0.25) is 9.48 Å². The average molecular weight is 390 g/mol. The highest BCUT2D eigenvalue weighted by atomic mass is 35.5. The molecule has 1 aromatic carbocycles. The topological polar surface area (TPSA) is 78.5 Å². The van der Waals surface area contributed by atoms with Crippen LogP contribution in [0.2, 0.25) is 5.02 Å². The summed E-state index contributed by atoms with van der Waals surface area (Å²) in [7, 11) is 1.76. The standard InChI is InChI=1S/C19H20ClN3O4/c1-3-25-13-4-6-14(7-5-13)26-12-15-8-9-18(27-15)19(24)21-11-17-16(20)10-22-23(17)2/h4-10H,3,11-12H2,1-2H3,(H,21,24). The van der Waals surface area contributed by atoms with Gasteiger partial charge in [0.2, 0.25) is 0 Å². The highest BCUT2D eigenvalue weighted by molar-refractivity contribution is 6.31. The van der Waals surface area contributed by atoms with E-state index in [9.17, 15) is 4.79 Å². The Labute approximate surface area is 161 Å². The minimum atomic E-state index is -0.334. The van der Waals surface area contributed by atoms with Gasteiger partial charge in [0.05, 0.1) is 30.1 Å². The van der Waals surface area contributed by atoms with Crippen LogP contribution in [0.25, 0.3) is 0 Å². The second-order valence-electron chi connectivity index (χ2n) is 5.70. The van der Waals surface area contributed by atoms with Gasteiger partial charge < -0.3 is 19.2 Å². The molecule has 0 radical (unpaired) electrons. The maximum absolute atomic E-state index is 12.2. The zero-order valence-electron chi connectivity index (χ0n) is 15.1. The van der Waals surface area contributed by atoms with Crippen molar-refractivity contribution in [3.8, 4) is 11.5 Å². The molecule has 27 heavy (non-hydrogen) atoms. The lowest BCUT2D eigenvalue weighted by Crippen LogP contribution is -2.23. The minimum absolute atomic E-state index is 0.207. The maximum Gasteiger partial charge on any atom is 0.287 e. The fourth-order valence-corrected chi connectivity index (χ4v) is 2.65. The molecule has 3 rings (SSSR count). The van der Waals surface area contributed by atoms with Gasteiger partial charge in [-0.2, -0.15) is 5.10 Å². The van der Waals surface area contributed by atoms with Gasteiger partial charge >= 0.3 is 0 Å². The van der Waals surface area contributed by atoms with E-state index in [2.05, 4.69) is 10.4 Å². The van der Waals surface area contributed by atoms with E-state index >= 15 is 0 Å². The third-order valence-electron chi connectivity index (χ3n) is 3.83. The van der Waals surface area contributed by atoms with Gasteiger partial charge in [-0.15, -0.1) is 0 Å². The Morgan fingerprint density at radius 1 is 1.19 bits per heavy atom. The van der Waals surface area contributed by atoms with Crippen molar-refractivity contribution in [2.75, 3.05) is 6.61 Å². The molecule has 0 fully saturated rings. The maximum atomic E-state index is 12.2. The number of nitrogens with one attached hydrogen (secondary N) is 1. The monoisotopic (exact) mass is 389 g/mol. The van der Waals surface area contributed by atoms with Gasteiger partial charge in [-0.05, 0) is 43.3 Å². The fraction of sp³-hybridized carbons (Fsp3) is 0.263. The lowest BCUT2D eigenvalue weighted by molar-refractivity contribution is 0.0918. The third-order valence-corrected chi connectivity index (χ3v) is 4.14. The van der Waals surface area contributed by atoms with Crippen LogP contribution in [0.4, 0.5) is 0 Å². The second kappa shape index (κ2) is 8.64. The predicted molar refractivity (Wildman–Crippen MR) is 100 cm³/mol.